The summed E-state index contributed by atoms with van der Waals surface area (Å²) in [5.74, 6) is 1.69. The number of carbonyl (C=O) groups is 1. The van der Waals surface area contributed by atoms with Gasteiger partial charge in [-0.15, -0.1) is 0 Å². The minimum atomic E-state index is -0.196. The molecule has 1 saturated heterocycles. The number of nitrogens with zero attached hydrogens (tertiary/aromatic N) is 2. The summed E-state index contributed by atoms with van der Waals surface area (Å²) in [6.07, 6.45) is 10.5. The van der Waals surface area contributed by atoms with E-state index < -0.39 is 0 Å². The SMILES string of the molecule is N#C[C@@H]1CCCN1C(=O)CNC12CC3=CC(CC(C3)C1)C2. The smallest absolute Gasteiger partial charge is 0.237 e. The molecule has 0 aromatic rings. The number of carbonyl (C=O) groups excluding carboxylic acids is 1. The monoisotopic (exact) mass is 285 g/mol. The van der Waals surface area contributed by atoms with E-state index in [1.165, 1.54) is 25.7 Å². The van der Waals surface area contributed by atoms with Crippen LogP contribution in [-0.2, 0) is 4.79 Å². The fraction of sp³-hybridized carbons (Fsp3) is 0.765. The maximum Gasteiger partial charge on any atom is 0.237 e. The number of likely N-dealkylation sites (tertiary alicyclic amines) is 1. The van der Waals surface area contributed by atoms with E-state index >= 15 is 0 Å². The van der Waals surface area contributed by atoms with Crippen LogP contribution in [0.3, 0.4) is 0 Å². The van der Waals surface area contributed by atoms with Crippen LogP contribution in [-0.4, -0.2) is 35.5 Å². The molecule has 21 heavy (non-hydrogen) atoms. The lowest BCUT2D eigenvalue weighted by molar-refractivity contribution is -0.130. The Hall–Kier alpha value is -1.34. The van der Waals surface area contributed by atoms with Crippen LogP contribution >= 0.6 is 0 Å². The predicted molar refractivity (Wildman–Crippen MR) is 79.2 cm³/mol. The zero-order valence-electron chi connectivity index (χ0n) is 12.5. The van der Waals surface area contributed by atoms with Crippen molar-refractivity contribution >= 4 is 5.91 Å². The van der Waals surface area contributed by atoms with Crippen molar-refractivity contribution in [3.8, 4) is 6.07 Å². The molecule has 112 valence electrons. The van der Waals surface area contributed by atoms with Crippen molar-refractivity contribution in [2.45, 2.75) is 56.5 Å². The second-order valence-electron chi connectivity index (χ2n) is 7.48. The lowest BCUT2D eigenvalue weighted by atomic mass is 9.57. The van der Waals surface area contributed by atoms with Crippen LogP contribution in [0, 0.1) is 23.2 Å². The van der Waals surface area contributed by atoms with Crippen LogP contribution < -0.4 is 5.32 Å². The normalized spacial score (nSPS) is 40.2. The Morgan fingerprint density at radius 3 is 3.19 bits per heavy atom. The molecular weight excluding hydrogens is 262 g/mol. The fourth-order valence-corrected chi connectivity index (χ4v) is 5.27. The summed E-state index contributed by atoms with van der Waals surface area (Å²) in [4.78, 5) is 14.2. The first-order valence-corrected chi connectivity index (χ1v) is 8.31. The maximum absolute atomic E-state index is 12.4. The van der Waals surface area contributed by atoms with Gasteiger partial charge in [-0.3, -0.25) is 4.79 Å². The molecule has 1 heterocycles. The van der Waals surface area contributed by atoms with Crippen LogP contribution in [0.5, 0.6) is 0 Å². The van der Waals surface area contributed by atoms with Crippen molar-refractivity contribution in [1.82, 2.24) is 10.2 Å². The highest BCUT2D eigenvalue weighted by atomic mass is 16.2. The van der Waals surface area contributed by atoms with Gasteiger partial charge in [0, 0.05) is 12.1 Å². The fourth-order valence-electron chi connectivity index (χ4n) is 5.27. The van der Waals surface area contributed by atoms with Gasteiger partial charge in [0.2, 0.25) is 5.91 Å². The molecule has 3 fully saturated rings. The van der Waals surface area contributed by atoms with Gasteiger partial charge in [-0.05, 0) is 56.8 Å². The lowest BCUT2D eigenvalue weighted by Gasteiger charge is -2.53. The zero-order chi connectivity index (χ0) is 14.4. The molecule has 0 aromatic carbocycles. The molecule has 5 aliphatic rings. The molecule has 5 rings (SSSR count). The van der Waals surface area contributed by atoms with Crippen molar-refractivity contribution in [3.63, 3.8) is 0 Å². The number of nitrogens with one attached hydrogen (secondary N) is 1. The maximum atomic E-state index is 12.4. The first kappa shape index (κ1) is 13.3. The van der Waals surface area contributed by atoms with Crippen molar-refractivity contribution in [2.75, 3.05) is 13.1 Å². The van der Waals surface area contributed by atoms with E-state index in [9.17, 15) is 4.79 Å². The van der Waals surface area contributed by atoms with Crippen LogP contribution in [0.25, 0.3) is 0 Å². The van der Waals surface area contributed by atoms with Gasteiger partial charge in [0.05, 0.1) is 12.6 Å². The molecule has 0 radical (unpaired) electrons. The molecule has 4 atom stereocenters. The van der Waals surface area contributed by atoms with E-state index in [1.54, 1.807) is 10.5 Å². The van der Waals surface area contributed by atoms with Crippen molar-refractivity contribution in [2.24, 2.45) is 11.8 Å². The number of allylic oxidation sites excluding steroid dienone is 1. The summed E-state index contributed by atoms with van der Waals surface area (Å²) in [6.45, 7) is 1.16. The summed E-state index contributed by atoms with van der Waals surface area (Å²) in [5.41, 5.74) is 1.79. The first-order valence-electron chi connectivity index (χ1n) is 8.31. The molecule has 4 bridgehead atoms. The van der Waals surface area contributed by atoms with Crippen LogP contribution in [0.2, 0.25) is 0 Å². The van der Waals surface area contributed by atoms with E-state index in [0.717, 1.165) is 37.6 Å². The minimum Gasteiger partial charge on any atom is -0.326 e. The van der Waals surface area contributed by atoms with Gasteiger partial charge in [0.1, 0.15) is 6.04 Å². The second kappa shape index (κ2) is 4.84. The predicted octanol–water partition coefficient (Wildman–Crippen LogP) is 1.98. The molecule has 1 aliphatic heterocycles. The summed E-state index contributed by atoms with van der Waals surface area (Å²) in [7, 11) is 0. The second-order valence-corrected chi connectivity index (χ2v) is 7.48. The Labute approximate surface area is 126 Å². The number of rotatable bonds is 3. The summed E-state index contributed by atoms with van der Waals surface area (Å²) < 4.78 is 0. The highest BCUT2D eigenvalue weighted by Crippen LogP contribution is 2.52. The van der Waals surface area contributed by atoms with Crippen LogP contribution in [0.15, 0.2) is 11.6 Å². The lowest BCUT2D eigenvalue weighted by Crippen LogP contribution is -2.57. The molecule has 0 aromatic heterocycles. The third-order valence-corrected chi connectivity index (χ3v) is 5.89. The molecule has 4 heteroatoms. The Morgan fingerprint density at radius 1 is 1.52 bits per heavy atom. The van der Waals surface area contributed by atoms with Crippen LogP contribution in [0.1, 0.15) is 44.9 Å². The third kappa shape index (κ3) is 2.28. The third-order valence-electron chi connectivity index (χ3n) is 5.89. The van der Waals surface area contributed by atoms with Crippen molar-refractivity contribution in [3.05, 3.63) is 11.6 Å². The molecule has 4 aliphatic carbocycles. The summed E-state index contributed by atoms with van der Waals surface area (Å²) in [5, 5.41) is 12.7. The van der Waals surface area contributed by atoms with E-state index in [1.807, 2.05) is 0 Å². The van der Waals surface area contributed by atoms with Crippen LogP contribution in [0.4, 0.5) is 0 Å². The minimum absolute atomic E-state index is 0.115. The number of amides is 1. The number of hydrogen-bond acceptors (Lipinski definition) is 3. The number of nitriles is 1. The topological polar surface area (TPSA) is 56.1 Å². The Kier molecular flexibility index (Phi) is 3.08. The standard InChI is InChI=1S/C17H23N3O/c18-10-15-2-1-3-20(15)16(21)11-19-17-7-12-4-13(8-17)6-14(5-12)9-17/h4,12,14-15,19H,1-3,5-9,11H2/t12?,14?,15-,17?/m0/s1. The average molecular weight is 285 g/mol. The Bertz CT molecular complexity index is 535. The molecule has 3 unspecified atom stereocenters. The summed E-state index contributed by atoms with van der Waals surface area (Å²) >= 11 is 0. The molecule has 1 amide bonds. The largest absolute Gasteiger partial charge is 0.326 e. The average Bonchev–Trinajstić information content (AvgIpc) is 2.92. The Balaban J connectivity index is 1.40. The van der Waals surface area contributed by atoms with Gasteiger partial charge in [-0.2, -0.15) is 5.26 Å². The van der Waals surface area contributed by atoms with Gasteiger partial charge in [0.15, 0.2) is 0 Å². The Morgan fingerprint density at radius 2 is 2.43 bits per heavy atom. The van der Waals surface area contributed by atoms with E-state index in [2.05, 4.69) is 17.5 Å². The van der Waals surface area contributed by atoms with E-state index in [4.69, 9.17) is 5.26 Å². The van der Waals surface area contributed by atoms with E-state index in [-0.39, 0.29) is 17.5 Å². The molecular formula is C17H23N3O. The molecule has 0 spiro atoms. The molecule has 4 nitrogen and oxygen atoms in total. The quantitative estimate of drug-likeness (QED) is 0.807. The molecule has 1 N–H and O–H groups in total. The highest BCUT2D eigenvalue weighted by molar-refractivity contribution is 5.79. The van der Waals surface area contributed by atoms with Gasteiger partial charge in [-0.1, -0.05) is 11.6 Å². The molecule has 2 saturated carbocycles. The van der Waals surface area contributed by atoms with E-state index in [0.29, 0.717) is 6.54 Å². The van der Waals surface area contributed by atoms with Gasteiger partial charge in [0.25, 0.3) is 0 Å². The van der Waals surface area contributed by atoms with Gasteiger partial charge >= 0.3 is 0 Å². The summed E-state index contributed by atoms with van der Waals surface area (Å²) in [6, 6.07) is 2.06. The first-order chi connectivity index (χ1) is 10.2. The van der Waals surface area contributed by atoms with Crippen molar-refractivity contribution < 1.29 is 4.79 Å². The van der Waals surface area contributed by atoms with Gasteiger partial charge < -0.3 is 10.2 Å². The van der Waals surface area contributed by atoms with Gasteiger partial charge in [-0.25, -0.2) is 0 Å². The number of hydrogen-bond donors (Lipinski definition) is 1. The highest BCUT2D eigenvalue weighted by Gasteiger charge is 2.47. The zero-order valence-corrected chi connectivity index (χ0v) is 12.5. The van der Waals surface area contributed by atoms with Crippen molar-refractivity contribution in [1.29, 1.82) is 5.26 Å².